The monoisotopic (exact) mass is 364 g/mol. The number of rotatable bonds is 7. The third-order valence-corrected chi connectivity index (χ3v) is 4.10. The van der Waals surface area contributed by atoms with E-state index < -0.39 is 33.9 Å². The van der Waals surface area contributed by atoms with Crippen LogP contribution in [0.1, 0.15) is 12.5 Å². The van der Waals surface area contributed by atoms with E-state index in [1.807, 2.05) is 0 Å². The molecule has 0 saturated carbocycles. The number of nitro groups is 1. The molecule has 1 unspecified atom stereocenters. The Morgan fingerprint density at radius 1 is 1.50 bits per heavy atom. The molecule has 6 nitrogen and oxygen atoms in total. The van der Waals surface area contributed by atoms with Crippen LogP contribution in [0.4, 0.5) is 24.5 Å². The van der Waals surface area contributed by atoms with Crippen LogP contribution < -0.4 is 5.32 Å². The summed E-state index contributed by atoms with van der Waals surface area (Å²) in [4.78, 5) is 21.5. The predicted octanol–water partition coefficient (Wildman–Crippen LogP) is 3.22. The van der Waals surface area contributed by atoms with Crippen molar-refractivity contribution in [3.8, 4) is 0 Å². The molecule has 2 N–H and O–H groups in total. The number of nitrogens with one attached hydrogen (secondary N) is 1. The van der Waals surface area contributed by atoms with Gasteiger partial charge in [0.25, 0.3) is 11.6 Å². The topological polar surface area (TPSA) is 92.5 Å². The van der Waals surface area contributed by atoms with E-state index in [1.165, 1.54) is 18.7 Å². The number of carbonyl (C=O) groups is 1. The van der Waals surface area contributed by atoms with Crippen molar-refractivity contribution in [1.82, 2.24) is 0 Å². The standard InChI is InChI=1S/C14H15F3N2O4S/c1-3-6-24-8-13(2,21)12(20)18-9-4-5-11(19(22)23)10(7-9)14(15,16)17/h3-5,7,21H,1,6,8H2,2H3,(H,18,20). The average molecular weight is 364 g/mol. The Bertz CT molecular complexity index is 647. The van der Waals surface area contributed by atoms with Gasteiger partial charge in [-0.05, 0) is 19.1 Å². The number of hydrogen-bond donors (Lipinski definition) is 2. The van der Waals surface area contributed by atoms with E-state index in [0.29, 0.717) is 17.9 Å². The third-order valence-electron chi connectivity index (χ3n) is 2.86. The summed E-state index contributed by atoms with van der Waals surface area (Å²) in [7, 11) is 0. The summed E-state index contributed by atoms with van der Waals surface area (Å²) in [6.45, 7) is 4.70. The first-order valence-corrected chi connectivity index (χ1v) is 7.72. The van der Waals surface area contributed by atoms with E-state index in [4.69, 9.17) is 0 Å². The van der Waals surface area contributed by atoms with Gasteiger partial charge in [-0.15, -0.1) is 6.58 Å². The lowest BCUT2D eigenvalue weighted by atomic mass is 10.1. The molecule has 0 saturated heterocycles. The van der Waals surface area contributed by atoms with E-state index in [1.54, 1.807) is 6.08 Å². The zero-order valence-electron chi connectivity index (χ0n) is 12.6. The first kappa shape index (κ1) is 20.0. The minimum absolute atomic E-state index is 0.00393. The number of alkyl halides is 3. The first-order valence-electron chi connectivity index (χ1n) is 6.57. The molecule has 0 aliphatic heterocycles. The highest BCUT2D eigenvalue weighted by molar-refractivity contribution is 7.99. The number of aliphatic hydroxyl groups is 1. The number of anilines is 1. The maximum atomic E-state index is 12.9. The fraction of sp³-hybridized carbons (Fsp3) is 0.357. The fourth-order valence-electron chi connectivity index (χ4n) is 1.67. The second-order valence-electron chi connectivity index (χ2n) is 5.02. The summed E-state index contributed by atoms with van der Waals surface area (Å²) in [5.74, 6) is -0.426. The normalized spacial score (nSPS) is 13.9. The third kappa shape index (κ3) is 5.24. The molecule has 0 heterocycles. The van der Waals surface area contributed by atoms with Crippen molar-refractivity contribution in [2.24, 2.45) is 0 Å². The Labute approximate surface area is 139 Å². The zero-order valence-corrected chi connectivity index (χ0v) is 13.4. The zero-order chi connectivity index (χ0) is 18.5. The van der Waals surface area contributed by atoms with E-state index in [0.717, 1.165) is 6.07 Å². The van der Waals surface area contributed by atoms with Gasteiger partial charge in [0.05, 0.1) is 4.92 Å². The molecule has 1 aromatic rings. The number of amides is 1. The lowest BCUT2D eigenvalue weighted by Crippen LogP contribution is -2.42. The van der Waals surface area contributed by atoms with Gasteiger partial charge in [0.15, 0.2) is 0 Å². The van der Waals surface area contributed by atoms with E-state index in [2.05, 4.69) is 11.9 Å². The molecule has 0 spiro atoms. The molecule has 0 fully saturated rings. The molecule has 1 atom stereocenters. The van der Waals surface area contributed by atoms with Crippen LogP contribution in [0.15, 0.2) is 30.9 Å². The molecule has 1 amide bonds. The molecule has 0 aromatic heterocycles. The SMILES string of the molecule is C=CCSCC(C)(O)C(=O)Nc1ccc([N+](=O)[O-])c(C(F)(F)F)c1. The van der Waals surface area contributed by atoms with Gasteiger partial charge >= 0.3 is 6.18 Å². The summed E-state index contributed by atoms with van der Waals surface area (Å²) >= 11 is 1.21. The number of nitrogens with zero attached hydrogens (tertiary/aromatic N) is 1. The van der Waals surface area contributed by atoms with Crippen LogP contribution in [0.5, 0.6) is 0 Å². The molecule has 0 aliphatic rings. The molecule has 1 aromatic carbocycles. The smallest absolute Gasteiger partial charge is 0.379 e. The van der Waals surface area contributed by atoms with E-state index in [9.17, 15) is 33.2 Å². The molecule has 10 heteroatoms. The van der Waals surface area contributed by atoms with Gasteiger partial charge < -0.3 is 10.4 Å². The lowest BCUT2D eigenvalue weighted by Gasteiger charge is -2.22. The van der Waals surface area contributed by atoms with Gasteiger partial charge in [0, 0.05) is 23.3 Å². The van der Waals surface area contributed by atoms with Gasteiger partial charge in [0.2, 0.25) is 0 Å². The Kier molecular flexibility index (Phi) is 6.38. The van der Waals surface area contributed by atoms with Crippen molar-refractivity contribution in [2.75, 3.05) is 16.8 Å². The molecule has 0 radical (unpaired) electrons. The van der Waals surface area contributed by atoms with Crippen molar-refractivity contribution in [3.05, 3.63) is 46.5 Å². The number of carbonyl (C=O) groups excluding carboxylic acids is 1. The summed E-state index contributed by atoms with van der Waals surface area (Å²) in [6, 6.07) is 2.08. The van der Waals surface area contributed by atoms with Gasteiger partial charge in [-0.1, -0.05) is 6.08 Å². The Morgan fingerprint density at radius 3 is 2.62 bits per heavy atom. The number of benzene rings is 1. The van der Waals surface area contributed by atoms with Crippen LogP contribution in [-0.4, -0.2) is 33.0 Å². The van der Waals surface area contributed by atoms with Crippen LogP contribution in [0.2, 0.25) is 0 Å². The van der Waals surface area contributed by atoms with Crippen molar-refractivity contribution in [1.29, 1.82) is 0 Å². The average Bonchev–Trinajstić information content (AvgIpc) is 2.46. The van der Waals surface area contributed by atoms with Gasteiger partial charge in [-0.2, -0.15) is 24.9 Å². The van der Waals surface area contributed by atoms with Crippen molar-refractivity contribution < 1.29 is 28.0 Å². The second kappa shape index (κ2) is 7.67. The van der Waals surface area contributed by atoms with Gasteiger partial charge in [-0.25, -0.2) is 0 Å². The fourth-order valence-corrected chi connectivity index (χ4v) is 2.49. The lowest BCUT2D eigenvalue weighted by molar-refractivity contribution is -0.388. The number of nitro benzene ring substituents is 1. The molecule has 0 aliphatic carbocycles. The molecular weight excluding hydrogens is 349 g/mol. The number of hydrogen-bond acceptors (Lipinski definition) is 5. The molecule has 132 valence electrons. The van der Waals surface area contributed by atoms with E-state index >= 15 is 0 Å². The minimum atomic E-state index is -4.95. The molecule has 24 heavy (non-hydrogen) atoms. The summed E-state index contributed by atoms with van der Waals surface area (Å²) in [5, 5.41) is 22.9. The number of thioether (sulfide) groups is 1. The van der Waals surface area contributed by atoms with Crippen LogP contribution in [0.25, 0.3) is 0 Å². The molecule has 1 rings (SSSR count). The largest absolute Gasteiger partial charge is 0.423 e. The summed E-state index contributed by atoms with van der Waals surface area (Å²) in [6.07, 6.45) is -3.38. The Hall–Kier alpha value is -2.07. The summed E-state index contributed by atoms with van der Waals surface area (Å²) in [5.41, 5.74) is -4.72. The van der Waals surface area contributed by atoms with Crippen LogP contribution in [0, 0.1) is 10.1 Å². The first-order chi connectivity index (χ1) is 11.0. The second-order valence-corrected chi connectivity index (χ2v) is 6.05. The molecule has 0 bridgehead atoms. The highest BCUT2D eigenvalue weighted by Gasteiger charge is 2.39. The maximum Gasteiger partial charge on any atom is 0.423 e. The van der Waals surface area contributed by atoms with Crippen molar-refractivity contribution in [3.63, 3.8) is 0 Å². The van der Waals surface area contributed by atoms with E-state index in [-0.39, 0.29) is 11.4 Å². The minimum Gasteiger partial charge on any atom is -0.379 e. The molecular formula is C14H15F3N2O4S. The number of halogens is 3. The predicted molar refractivity (Wildman–Crippen MR) is 84.9 cm³/mol. The van der Waals surface area contributed by atoms with Gasteiger partial charge in [0.1, 0.15) is 11.2 Å². The van der Waals surface area contributed by atoms with Gasteiger partial charge in [-0.3, -0.25) is 14.9 Å². The quantitative estimate of drug-likeness (QED) is 0.335. The highest BCUT2D eigenvalue weighted by atomic mass is 32.2. The van der Waals surface area contributed by atoms with Crippen LogP contribution >= 0.6 is 11.8 Å². The van der Waals surface area contributed by atoms with Crippen LogP contribution in [0.3, 0.4) is 0 Å². The summed E-state index contributed by atoms with van der Waals surface area (Å²) < 4.78 is 38.7. The van der Waals surface area contributed by atoms with Crippen molar-refractivity contribution in [2.45, 2.75) is 18.7 Å². The Balaban J connectivity index is 3.01. The van der Waals surface area contributed by atoms with Crippen molar-refractivity contribution >= 4 is 29.0 Å². The highest BCUT2D eigenvalue weighted by Crippen LogP contribution is 2.37. The Morgan fingerprint density at radius 2 is 2.12 bits per heavy atom. The maximum absolute atomic E-state index is 12.9. The van der Waals surface area contributed by atoms with Crippen LogP contribution in [-0.2, 0) is 11.0 Å².